The molecule has 0 N–H and O–H groups in total. The highest BCUT2D eigenvalue weighted by Gasteiger charge is 2.21. The zero-order valence-corrected chi connectivity index (χ0v) is 32.5. The van der Waals surface area contributed by atoms with Gasteiger partial charge in [0.05, 0.1) is 5.69 Å². The second kappa shape index (κ2) is 14.6. The molecule has 1 nitrogen and oxygen atoms in total. The second-order valence-electron chi connectivity index (χ2n) is 15.3. The Labute approximate surface area is 344 Å². The molecule has 0 spiro atoms. The minimum Gasteiger partial charge on any atom is -0.310 e. The lowest BCUT2D eigenvalue weighted by molar-refractivity contribution is 1.29. The lowest BCUT2D eigenvalue weighted by Gasteiger charge is -2.28. The van der Waals surface area contributed by atoms with Crippen molar-refractivity contribution in [2.45, 2.75) is 0 Å². The minimum absolute atomic E-state index is 1.10. The zero-order chi connectivity index (χ0) is 39.1. The van der Waals surface area contributed by atoms with Gasteiger partial charge in [0, 0.05) is 16.9 Å². The molecule has 276 valence electrons. The Hall–Kier alpha value is -7.74. The molecule has 0 bridgehead atoms. The van der Waals surface area contributed by atoms with Crippen molar-refractivity contribution < 1.29 is 0 Å². The topological polar surface area (TPSA) is 3.24 Å². The number of hydrogen-bond acceptors (Lipinski definition) is 1. The number of nitrogens with zero attached hydrogens (tertiary/aromatic N) is 1. The average Bonchev–Trinajstić information content (AvgIpc) is 3.32. The maximum Gasteiger partial charge on any atom is 0.0540 e. The van der Waals surface area contributed by atoms with E-state index in [0.29, 0.717) is 0 Å². The van der Waals surface area contributed by atoms with E-state index in [1.165, 1.54) is 76.5 Å². The first-order valence-corrected chi connectivity index (χ1v) is 20.3. The summed E-state index contributed by atoms with van der Waals surface area (Å²) in [5, 5.41) is 9.92. The molecule has 11 aromatic rings. The molecule has 11 aromatic carbocycles. The molecular formula is C58H39N. The van der Waals surface area contributed by atoms with Crippen LogP contribution in [-0.4, -0.2) is 0 Å². The van der Waals surface area contributed by atoms with Crippen LogP contribution >= 0.6 is 0 Å². The van der Waals surface area contributed by atoms with Crippen molar-refractivity contribution in [3.8, 4) is 44.5 Å². The van der Waals surface area contributed by atoms with Gasteiger partial charge in [-0.2, -0.15) is 0 Å². The van der Waals surface area contributed by atoms with Crippen molar-refractivity contribution in [3.05, 3.63) is 237 Å². The molecule has 0 aliphatic heterocycles. The number of anilines is 3. The smallest absolute Gasteiger partial charge is 0.0540 e. The molecule has 0 aromatic heterocycles. The highest BCUT2D eigenvalue weighted by molar-refractivity contribution is 6.22. The van der Waals surface area contributed by atoms with Crippen molar-refractivity contribution in [2.24, 2.45) is 0 Å². The van der Waals surface area contributed by atoms with Gasteiger partial charge in [0.15, 0.2) is 0 Å². The Kier molecular flexibility index (Phi) is 8.56. The normalized spacial score (nSPS) is 11.4. The van der Waals surface area contributed by atoms with E-state index in [2.05, 4.69) is 241 Å². The zero-order valence-electron chi connectivity index (χ0n) is 32.5. The highest BCUT2D eigenvalue weighted by atomic mass is 15.1. The van der Waals surface area contributed by atoms with E-state index in [1.54, 1.807) is 0 Å². The maximum absolute atomic E-state index is 2.43. The SMILES string of the molecule is c1ccc(-c2c(-c3ccccc3)c3cc(-c4ccccc4N(c4ccc(-c5ccc6ccccc6c5)cc4)c4ccc5ccccc5c4)ccc3c3ccccc23)cc1. The van der Waals surface area contributed by atoms with Crippen LogP contribution in [0.15, 0.2) is 237 Å². The Morgan fingerprint density at radius 3 is 1.44 bits per heavy atom. The standard InChI is InChI=1S/C58H39N/c1-3-17-43(18-4-1)57-54-25-12-11-24-52(54)53-36-32-48(39-55(53)58(57)44-19-5-2-6-20-44)51-23-13-14-26-56(51)59(50-35-31-41-16-8-10-22-46(41)38-50)49-33-29-42(30-34-49)47-28-27-40-15-7-9-21-45(40)37-47/h1-39H. The molecule has 0 radical (unpaired) electrons. The van der Waals surface area contributed by atoms with E-state index in [4.69, 9.17) is 0 Å². The quantitative estimate of drug-likeness (QED) is 0.147. The van der Waals surface area contributed by atoms with Crippen molar-refractivity contribution in [3.63, 3.8) is 0 Å². The van der Waals surface area contributed by atoms with Crippen LogP contribution in [0.5, 0.6) is 0 Å². The Morgan fingerprint density at radius 2 is 0.729 bits per heavy atom. The van der Waals surface area contributed by atoms with Gasteiger partial charge in [-0.05, 0) is 124 Å². The molecule has 0 unspecified atom stereocenters. The molecule has 0 atom stereocenters. The van der Waals surface area contributed by atoms with E-state index in [1.807, 2.05) is 0 Å². The predicted octanol–water partition coefficient (Wildman–Crippen LogP) is 16.4. The van der Waals surface area contributed by atoms with Crippen LogP contribution in [0.2, 0.25) is 0 Å². The first kappa shape index (κ1) is 34.5. The summed E-state index contributed by atoms with van der Waals surface area (Å²) in [6.07, 6.45) is 0. The van der Waals surface area contributed by atoms with Gasteiger partial charge < -0.3 is 4.90 Å². The van der Waals surface area contributed by atoms with Crippen LogP contribution in [0, 0.1) is 0 Å². The molecule has 0 aliphatic carbocycles. The highest BCUT2D eigenvalue weighted by Crippen LogP contribution is 2.47. The molecule has 0 saturated carbocycles. The average molecular weight is 750 g/mol. The molecule has 1 heteroatoms. The Balaban J connectivity index is 1.12. The van der Waals surface area contributed by atoms with Gasteiger partial charge in [-0.25, -0.2) is 0 Å². The van der Waals surface area contributed by atoms with Crippen LogP contribution < -0.4 is 4.90 Å². The van der Waals surface area contributed by atoms with Crippen molar-refractivity contribution >= 4 is 60.2 Å². The van der Waals surface area contributed by atoms with Gasteiger partial charge in [0.1, 0.15) is 0 Å². The van der Waals surface area contributed by atoms with Gasteiger partial charge in [-0.1, -0.05) is 194 Å². The third-order valence-corrected chi connectivity index (χ3v) is 11.8. The van der Waals surface area contributed by atoms with E-state index in [9.17, 15) is 0 Å². The van der Waals surface area contributed by atoms with Gasteiger partial charge >= 0.3 is 0 Å². The van der Waals surface area contributed by atoms with Gasteiger partial charge in [0.25, 0.3) is 0 Å². The lowest BCUT2D eigenvalue weighted by Crippen LogP contribution is -2.11. The monoisotopic (exact) mass is 749 g/mol. The third kappa shape index (κ3) is 6.21. The van der Waals surface area contributed by atoms with Crippen molar-refractivity contribution in [1.82, 2.24) is 0 Å². The van der Waals surface area contributed by atoms with E-state index in [0.717, 1.165) is 28.2 Å². The van der Waals surface area contributed by atoms with Crippen LogP contribution in [0.3, 0.4) is 0 Å². The molecule has 59 heavy (non-hydrogen) atoms. The third-order valence-electron chi connectivity index (χ3n) is 11.8. The van der Waals surface area contributed by atoms with Crippen LogP contribution in [-0.2, 0) is 0 Å². The van der Waals surface area contributed by atoms with Gasteiger partial charge in [-0.3, -0.25) is 0 Å². The van der Waals surface area contributed by atoms with Gasteiger partial charge in [-0.15, -0.1) is 0 Å². The predicted molar refractivity (Wildman–Crippen MR) is 253 cm³/mol. The summed E-state index contributed by atoms with van der Waals surface area (Å²) in [6, 6.07) is 86.3. The molecule has 0 aliphatic rings. The molecule has 0 amide bonds. The van der Waals surface area contributed by atoms with Crippen LogP contribution in [0.4, 0.5) is 17.1 Å². The van der Waals surface area contributed by atoms with Gasteiger partial charge in [0.2, 0.25) is 0 Å². The van der Waals surface area contributed by atoms with Crippen molar-refractivity contribution in [1.29, 1.82) is 0 Å². The summed E-state index contributed by atoms with van der Waals surface area (Å²) in [4.78, 5) is 2.42. The largest absolute Gasteiger partial charge is 0.310 e. The maximum atomic E-state index is 2.43. The van der Waals surface area contributed by atoms with E-state index >= 15 is 0 Å². The fraction of sp³-hybridized carbons (Fsp3) is 0. The fourth-order valence-electron chi connectivity index (χ4n) is 9.00. The Bertz CT molecular complexity index is 3310. The minimum atomic E-state index is 1.10. The Morgan fingerprint density at radius 1 is 0.237 bits per heavy atom. The molecule has 0 saturated heterocycles. The van der Waals surface area contributed by atoms with Crippen LogP contribution in [0.25, 0.3) is 87.6 Å². The molecule has 0 fully saturated rings. The summed E-state index contributed by atoms with van der Waals surface area (Å²) in [5.41, 5.74) is 13.0. The molecule has 11 rings (SSSR count). The van der Waals surface area contributed by atoms with Crippen LogP contribution in [0.1, 0.15) is 0 Å². The summed E-state index contributed by atoms with van der Waals surface area (Å²) < 4.78 is 0. The number of benzene rings is 11. The summed E-state index contributed by atoms with van der Waals surface area (Å²) in [5.74, 6) is 0. The summed E-state index contributed by atoms with van der Waals surface area (Å²) in [7, 11) is 0. The molecular weight excluding hydrogens is 711 g/mol. The summed E-state index contributed by atoms with van der Waals surface area (Å²) >= 11 is 0. The summed E-state index contributed by atoms with van der Waals surface area (Å²) in [6.45, 7) is 0. The first-order chi connectivity index (χ1) is 29.3. The second-order valence-corrected chi connectivity index (χ2v) is 15.3. The lowest BCUT2D eigenvalue weighted by atomic mass is 9.84. The first-order valence-electron chi connectivity index (χ1n) is 20.3. The fourth-order valence-corrected chi connectivity index (χ4v) is 9.00. The van der Waals surface area contributed by atoms with E-state index in [-0.39, 0.29) is 0 Å². The van der Waals surface area contributed by atoms with E-state index < -0.39 is 0 Å². The number of hydrogen-bond donors (Lipinski definition) is 0. The number of para-hydroxylation sites is 1. The number of rotatable bonds is 7. The number of fused-ring (bicyclic) bond motifs is 5. The molecule has 0 heterocycles. The van der Waals surface area contributed by atoms with Crippen molar-refractivity contribution in [2.75, 3.05) is 4.90 Å².